The Morgan fingerprint density at radius 1 is 1.44 bits per heavy atom. The maximum absolute atomic E-state index is 10.8. The predicted octanol–water partition coefficient (Wildman–Crippen LogP) is 2.86. The molecule has 0 unspecified atom stereocenters. The molecule has 0 amide bonds. The smallest absolute Gasteiger partial charge is 0.317 e. The molecule has 1 N–H and O–H groups in total. The summed E-state index contributed by atoms with van der Waals surface area (Å²) in [5, 5.41) is 8.90. The zero-order valence-electron chi connectivity index (χ0n) is 10.9. The quantitative estimate of drug-likeness (QED) is 0.805. The molecule has 1 aromatic carbocycles. The Morgan fingerprint density at radius 2 is 2.22 bits per heavy atom. The molecule has 0 radical (unpaired) electrons. The summed E-state index contributed by atoms with van der Waals surface area (Å²) in [5.74, 6) is 0.00541. The molecule has 1 aliphatic carbocycles. The first-order valence-electron chi connectivity index (χ1n) is 6.72. The summed E-state index contributed by atoms with van der Waals surface area (Å²) in [5.41, 5.74) is 2.65. The van der Waals surface area contributed by atoms with Gasteiger partial charge < -0.3 is 5.11 Å². The SMILES string of the molecule is CCCN(CC(=O)O)Cc1cccc(C2CC2)c1. The lowest BCUT2D eigenvalue weighted by Crippen LogP contribution is -2.30. The number of benzene rings is 1. The van der Waals surface area contributed by atoms with E-state index in [4.69, 9.17) is 5.11 Å². The number of carboxylic acid groups (broad SMARTS) is 1. The molecule has 0 aliphatic heterocycles. The van der Waals surface area contributed by atoms with Crippen LogP contribution in [0, 0.1) is 0 Å². The van der Waals surface area contributed by atoms with Gasteiger partial charge in [-0.25, -0.2) is 0 Å². The van der Waals surface area contributed by atoms with E-state index in [-0.39, 0.29) is 6.54 Å². The number of aliphatic carboxylic acids is 1. The van der Waals surface area contributed by atoms with E-state index in [0.29, 0.717) is 0 Å². The van der Waals surface area contributed by atoms with Crippen molar-refractivity contribution in [2.75, 3.05) is 13.1 Å². The van der Waals surface area contributed by atoms with Gasteiger partial charge in [-0.05, 0) is 42.9 Å². The van der Waals surface area contributed by atoms with Crippen LogP contribution in [0.5, 0.6) is 0 Å². The van der Waals surface area contributed by atoms with Crippen molar-refractivity contribution in [2.24, 2.45) is 0 Å². The molecule has 1 saturated carbocycles. The van der Waals surface area contributed by atoms with Crippen molar-refractivity contribution in [3.63, 3.8) is 0 Å². The Bertz CT molecular complexity index is 413. The average Bonchev–Trinajstić information content (AvgIpc) is 3.12. The summed E-state index contributed by atoms with van der Waals surface area (Å²) >= 11 is 0. The van der Waals surface area contributed by atoms with Crippen molar-refractivity contribution < 1.29 is 9.90 Å². The zero-order valence-corrected chi connectivity index (χ0v) is 10.9. The van der Waals surface area contributed by atoms with Crippen molar-refractivity contribution >= 4 is 5.97 Å². The van der Waals surface area contributed by atoms with Crippen molar-refractivity contribution in [3.8, 4) is 0 Å². The van der Waals surface area contributed by atoms with Gasteiger partial charge in [-0.3, -0.25) is 9.69 Å². The van der Waals surface area contributed by atoms with E-state index in [1.807, 2.05) is 4.90 Å². The highest BCUT2D eigenvalue weighted by Crippen LogP contribution is 2.40. The van der Waals surface area contributed by atoms with Crippen LogP contribution in [0.3, 0.4) is 0 Å². The van der Waals surface area contributed by atoms with E-state index < -0.39 is 5.97 Å². The standard InChI is InChI=1S/C15H21NO2/c1-2-8-16(11-15(17)18)10-12-4-3-5-14(9-12)13-6-7-13/h3-5,9,13H,2,6-8,10-11H2,1H3,(H,17,18). The van der Waals surface area contributed by atoms with Gasteiger partial charge in [-0.15, -0.1) is 0 Å². The van der Waals surface area contributed by atoms with E-state index in [1.165, 1.54) is 24.0 Å². The molecule has 3 nitrogen and oxygen atoms in total. The maximum atomic E-state index is 10.8. The summed E-state index contributed by atoms with van der Waals surface area (Å²) in [7, 11) is 0. The molecule has 1 aliphatic rings. The Labute approximate surface area is 108 Å². The highest BCUT2D eigenvalue weighted by molar-refractivity contribution is 5.69. The van der Waals surface area contributed by atoms with Crippen molar-refractivity contribution in [2.45, 2.75) is 38.6 Å². The Morgan fingerprint density at radius 3 is 2.83 bits per heavy atom. The summed E-state index contributed by atoms with van der Waals surface area (Å²) in [6.07, 6.45) is 3.59. The van der Waals surface area contributed by atoms with Gasteiger partial charge in [-0.1, -0.05) is 31.2 Å². The molecule has 1 fully saturated rings. The third-order valence-corrected chi connectivity index (χ3v) is 3.30. The topological polar surface area (TPSA) is 40.5 Å². The van der Waals surface area contributed by atoms with Crippen LogP contribution < -0.4 is 0 Å². The Kier molecular flexibility index (Phi) is 4.37. The molecule has 0 heterocycles. The molecule has 2 rings (SSSR count). The first-order valence-corrected chi connectivity index (χ1v) is 6.72. The highest BCUT2D eigenvalue weighted by Gasteiger charge is 2.23. The highest BCUT2D eigenvalue weighted by atomic mass is 16.4. The van der Waals surface area contributed by atoms with Crippen LogP contribution in [0.4, 0.5) is 0 Å². The molecule has 98 valence electrons. The second-order valence-corrected chi connectivity index (χ2v) is 5.12. The van der Waals surface area contributed by atoms with Gasteiger partial charge in [0.1, 0.15) is 0 Å². The van der Waals surface area contributed by atoms with Crippen LogP contribution in [-0.4, -0.2) is 29.1 Å². The van der Waals surface area contributed by atoms with Gasteiger partial charge in [-0.2, -0.15) is 0 Å². The van der Waals surface area contributed by atoms with Gasteiger partial charge in [0.2, 0.25) is 0 Å². The molecular formula is C15H21NO2. The molecule has 18 heavy (non-hydrogen) atoms. The third-order valence-electron chi connectivity index (χ3n) is 3.30. The lowest BCUT2D eigenvalue weighted by Gasteiger charge is -2.19. The number of carbonyl (C=O) groups is 1. The summed E-state index contributed by atoms with van der Waals surface area (Å²) < 4.78 is 0. The normalized spacial score (nSPS) is 15.0. The maximum Gasteiger partial charge on any atom is 0.317 e. The molecule has 0 saturated heterocycles. The van der Waals surface area contributed by atoms with Crippen LogP contribution >= 0.6 is 0 Å². The molecule has 1 aromatic rings. The monoisotopic (exact) mass is 247 g/mol. The first-order chi connectivity index (χ1) is 8.69. The number of carboxylic acids is 1. The molecular weight excluding hydrogens is 226 g/mol. The molecule has 0 spiro atoms. The van der Waals surface area contributed by atoms with Crippen molar-refractivity contribution in [1.29, 1.82) is 0 Å². The molecule has 0 bridgehead atoms. The fourth-order valence-corrected chi connectivity index (χ4v) is 2.34. The van der Waals surface area contributed by atoms with Gasteiger partial charge >= 0.3 is 5.97 Å². The van der Waals surface area contributed by atoms with E-state index in [9.17, 15) is 4.79 Å². The van der Waals surface area contributed by atoms with Crippen LogP contribution in [0.1, 0.15) is 43.2 Å². The largest absolute Gasteiger partial charge is 0.480 e. The number of hydrogen-bond donors (Lipinski definition) is 1. The molecule has 3 heteroatoms. The molecule has 0 atom stereocenters. The second kappa shape index (κ2) is 6.01. The third kappa shape index (κ3) is 3.84. The van der Waals surface area contributed by atoms with E-state index >= 15 is 0 Å². The summed E-state index contributed by atoms with van der Waals surface area (Å²) in [4.78, 5) is 12.8. The second-order valence-electron chi connectivity index (χ2n) is 5.12. The van der Waals surface area contributed by atoms with Crippen LogP contribution in [-0.2, 0) is 11.3 Å². The zero-order chi connectivity index (χ0) is 13.0. The summed E-state index contributed by atoms with van der Waals surface area (Å²) in [6, 6.07) is 8.61. The Hall–Kier alpha value is -1.35. The summed E-state index contributed by atoms with van der Waals surface area (Å²) in [6.45, 7) is 3.78. The lowest BCUT2D eigenvalue weighted by molar-refractivity contribution is -0.138. The molecule has 0 aromatic heterocycles. The number of rotatable bonds is 7. The first kappa shape index (κ1) is 13.1. The van der Waals surface area contributed by atoms with Gasteiger partial charge in [0.05, 0.1) is 6.54 Å². The number of hydrogen-bond acceptors (Lipinski definition) is 2. The fraction of sp³-hybridized carbons (Fsp3) is 0.533. The van der Waals surface area contributed by atoms with E-state index in [1.54, 1.807) is 0 Å². The minimum absolute atomic E-state index is 0.126. The number of nitrogens with zero attached hydrogens (tertiary/aromatic N) is 1. The fourth-order valence-electron chi connectivity index (χ4n) is 2.34. The predicted molar refractivity (Wildman–Crippen MR) is 71.6 cm³/mol. The van der Waals surface area contributed by atoms with E-state index in [0.717, 1.165) is 25.4 Å². The van der Waals surface area contributed by atoms with Crippen molar-refractivity contribution in [3.05, 3.63) is 35.4 Å². The van der Waals surface area contributed by atoms with Crippen LogP contribution in [0.2, 0.25) is 0 Å². The average molecular weight is 247 g/mol. The van der Waals surface area contributed by atoms with Gasteiger partial charge in [0.25, 0.3) is 0 Å². The van der Waals surface area contributed by atoms with Crippen LogP contribution in [0.15, 0.2) is 24.3 Å². The Balaban J connectivity index is 2.00. The minimum Gasteiger partial charge on any atom is -0.480 e. The van der Waals surface area contributed by atoms with Gasteiger partial charge in [0, 0.05) is 6.54 Å². The minimum atomic E-state index is -0.748. The lowest BCUT2D eigenvalue weighted by atomic mass is 10.1. The van der Waals surface area contributed by atoms with E-state index in [2.05, 4.69) is 31.2 Å². The van der Waals surface area contributed by atoms with Crippen molar-refractivity contribution in [1.82, 2.24) is 4.90 Å². The van der Waals surface area contributed by atoms with Gasteiger partial charge in [0.15, 0.2) is 0 Å². The van der Waals surface area contributed by atoms with Crippen LogP contribution in [0.25, 0.3) is 0 Å².